The Morgan fingerprint density at radius 3 is 2.48 bits per heavy atom. The van der Waals surface area contributed by atoms with E-state index in [4.69, 9.17) is 0 Å². The molecule has 3 atom stereocenters. The molecule has 0 spiro atoms. The van der Waals surface area contributed by atoms with Gasteiger partial charge in [0.2, 0.25) is 17.7 Å². The molecule has 1 saturated carbocycles. The van der Waals surface area contributed by atoms with Crippen LogP contribution >= 0.6 is 0 Å². The van der Waals surface area contributed by atoms with Gasteiger partial charge in [-0.25, -0.2) is 9.97 Å². The maximum Gasteiger partial charge on any atom is 0.574 e. The third kappa shape index (κ3) is 5.47. The quantitative estimate of drug-likeness (QED) is 0.301. The number of carbonyl (C=O) groups is 3. The number of ether oxygens (including phenoxy) is 1. The average Bonchev–Trinajstić information content (AvgIpc) is 3.31. The zero-order valence-electron chi connectivity index (χ0n) is 24.3. The van der Waals surface area contributed by atoms with Gasteiger partial charge in [0.1, 0.15) is 29.9 Å². The highest BCUT2D eigenvalue weighted by Crippen LogP contribution is 2.59. The Balaban J connectivity index is 1.26. The van der Waals surface area contributed by atoms with Gasteiger partial charge in [0.25, 0.3) is 0 Å². The minimum atomic E-state index is -4.94. The monoisotopic (exact) mass is 607 g/mol. The van der Waals surface area contributed by atoms with E-state index >= 15 is 0 Å². The molecule has 2 aliphatic rings. The summed E-state index contributed by atoms with van der Waals surface area (Å²) in [6.07, 6.45) is -0.466. The lowest BCUT2D eigenvalue weighted by molar-refractivity contribution is -0.276. The fraction of sp³-hybridized carbons (Fsp3) is 0.367. The van der Waals surface area contributed by atoms with Crippen LogP contribution in [0.5, 0.6) is 5.88 Å². The number of fused-ring (bicyclic) bond motifs is 2. The van der Waals surface area contributed by atoms with E-state index in [9.17, 15) is 27.6 Å². The first-order chi connectivity index (χ1) is 20.7. The van der Waals surface area contributed by atoms with Crippen molar-refractivity contribution in [3.05, 3.63) is 59.8 Å². The number of halogens is 3. The molecule has 1 saturated heterocycles. The summed E-state index contributed by atoms with van der Waals surface area (Å²) < 4.78 is 43.5. The van der Waals surface area contributed by atoms with E-state index in [1.807, 2.05) is 19.1 Å². The number of nitrogens with one attached hydrogen (secondary N) is 1. The van der Waals surface area contributed by atoms with Crippen LogP contribution in [-0.4, -0.2) is 65.7 Å². The highest BCUT2D eigenvalue weighted by molar-refractivity contribution is 6.06. The fourth-order valence-corrected chi connectivity index (χ4v) is 5.86. The molecule has 1 aliphatic heterocycles. The third-order valence-electron chi connectivity index (χ3n) is 8.24. The van der Waals surface area contributed by atoms with E-state index in [-0.39, 0.29) is 41.2 Å². The van der Waals surface area contributed by atoms with Crippen molar-refractivity contribution >= 4 is 34.3 Å². The van der Waals surface area contributed by atoms with E-state index in [1.165, 1.54) is 22.6 Å². The van der Waals surface area contributed by atoms with Crippen molar-refractivity contribution in [1.82, 2.24) is 29.6 Å². The van der Waals surface area contributed by atoms with Gasteiger partial charge in [0, 0.05) is 42.4 Å². The van der Waals surface area contributed by atoms with Crippen molar-refractivity contribution in [3.8, 4) is 17.0 Å². The number of Topliss-reactive ketones (excluding diaryl/α,β-unsaturated/α-hetero) is 1. The molecule has 14 heteroatoms. The van der Waals surface area contributed by atoms with Gasteiger partial charge in [-0.3, -0.25) is 19.1 Å². The lowest BCUT2D eigenvalue weighted by atomic mass is 10.0. The molecule has 0 unspecified atom stereocenters. The number of hydrogen-bond donors (Lipinski definition) is 1. The topological polar surface area (TPSA) is 132 Å². The van der Waals surface area contributed by atoms with Crippen molar-refractivity contribution in [2.75, 3.05) is 5.32 Å². The SMILES string of the molecule is CC(=O)c1nn(CC(=O)N2[C@H](C(=O)Nc3nc(OC(F)(F)F)ccc3C)C[C@@]3(C)C[C@@H]23)c2ccc(-c3cnc(C)nc3)cc12. The third-order valence-corrected chi connectivity index (χ3v) is 8.24. The van der Waals surface area contributed by atoms with Crippen LogP contribution in [0.15, 0.2) is 42.7 Å². The number of amides is 2. The number of hydrogen-bond acceptors (Lipinski definition) is 8. The number of pyridine rings is 1. The molecule has 11 nitrogen and oxygen atoms in total. The molecule has 6 rings (SSSR count). The van der Waals surface area contributed by atoms with Crippen LogP contribution in [0.25, 0.3) is 22.0 Å². The Hall–Kier alpha value is -4.88. The van der Waals surface area contributed by atoms with E-state index < -0.39 is 24.2 Å². The van der Waals surface area contributed by atoms with Crippen LogP contribution in [0.1, 0.15) is 48.6 Å². The number of aromatic nitrogens is 5. The minimum absolute atomic E-state index is 0.0890. The molecule has 1 N–H and O–H groups in total. The second kappa shape index (κ2) is 10.4. The number of anilines is 1. The molecule has 4 heterocycles. The molecule has 1 aliphatic carbocycles. The molecule has 0 bridgehead atoms. The summed E-state index contributed by atoms with van der Waals surface area (Å²) in [5.74, 6) is -1.38. The van der Waals surface area contributed by atoms with Crippen molar-refractivity contribution in [2.45, 2.75) is 65.5 Å². The van der Waals surface area contributed by atoms with Gasteiger partial charge in [0.05, 0.1) is 5.52 Å². The van der Waals surface area contributed by atoms with Crippen molar-refractivity contribution in [3.63, 3.8) is 0 Å². The molecule has 4 aromatic rings. The zero-order valence-corrected chi connectivity index (χ0v) is 24.3. The van der Waals surface area contributed by atoms with Gasteiger partial charge in [-0.1, -0.05) is 19.1 Å². The van der Waals surface area contributed by atoms with Crippen molar-refractivity contribution < 1.29 is 32.3 Å². The second-order valence-corrected chi connectivity index (χ2v) is 11.6. The number of likely N-dealkylation sites (tertiary alicyclic amines) is 1. The largest absolute Gasteiger partial charge is 0.574 e. The highest BCUT2D eigenvalue weighted by atomic mass is 19.4. The number of alkyl halides is 3. The van der Waals surface area contributed by atoms with Gasteiger partial charge in [0.15, 0.2) is 5.78 Å². The number of nitrogens with zero attached hydrogens (tertiary/aromatic N) is 6. The molecule has 3 aromatic heterocycles. The average molecular weight is 608 g/mol. The predicted octanol–water partition coefficient (Wildman–Crippen LogP) is 4.62. The summed E-state index contributed by atoms with van der Waals surface area (Å²) in [5.41, 5.74) is 2.48. The summed E-state index contributed by atoms with van der Waals surface area (Å²) in [7, 11) is 0. The maximum absolute atomic E-state index is 13.8. The van der Waals surface area contributed by atoms with Gasteiger partial charge >= 0.3 is 6.36 Å². The van der Waals surface area contributed by atoms with Crippen LogP contribution in [0.4, 0.5) is 19.0 Å². The van der Waals surface area contributed by atoms with Crippen LogP contribution in [0, 0.1) is 19.3 Å². The Morgan fingerprint density at radius 1 is 1.07 bits per heavy atom. The van der Waals surface area contributed by atoms with Crippen LogP contribution < -0.4 is 10.1 Å². The Labute approximate surface area is 249 Å². The molecular formula is C30H28F3N7O4. The fourth-order valence-electron chi connectivity index (χ4n) is 5.86. The number of benzene rings is 1. The maximum atomic E-state index is 13.8. The highest BCUT2D eigenvalue weighted by Gasteiger charge is 2.64. The van der Waals surface area contributed by atoms with Crippen LogP contribution in [0.3, 0.4) is 0 Å². The number of piperidine rings is 1. The lowest BCUT2D eigenvalue weighted by Crippen LogP contribution is -2.47. The Bertz CT molecular complexity index is 1820. The Morgan fingerprint density at radius 2 is 1.80 bits per heavy atom. The number of aryl methyl sites for hydroxylation is 2. The number of ketones is 1. The van der Waals surface area contributed by atoms with Gasteiger partial charge in [-0.05, 0) is 55.4 Å². The summed E-state index contributed by atoms with van der Waals surface area (Å²) >= 11 is 0. The molecule has 2 fully saturated rings. The zero-order chi connectivity index (χ0) is 31.6. The molecule has 1 aromatic carbocycles. The summed E-state index contributed by atoms with van der Waals surface area (Å²) in [4.78, 5) is 53.6. The van der Waals surface area contributed by atoms with Gasteiger partial charge in [-0.2, -0.15) is 10.1 Å². The van der Waals surface area contributed by atoms with E-state index in [0.29, 0.717) is 28.7 Å². The summed E-state index contributed by atoms with van der Waals surface area (Å²) in [6.45, 7) is 6.53. The van der Waals surface area contributed by atoms with Gasteiger partial charge in [-0.15, -0.1) is 13.2 Å². The number of rotatable bonds is 7. The first-order valence-corrected chi connectivity index (χ1v) is 13.9. The summed E-state index contributed by atoms with van der Waals surface area (Å²) in [5, 5.41) is 7.62. The van der Waals surface area contributed by atoms with E-state index in [0.717, 1.165) is 23.6 Å². The molecule has 2 amide bonds. The summed E-state index contributed by atoms with van der Waals surface area (Å²) in [6, 6.07) is 6.78. The molecule has 44 heavy (non-hydrogen) atoms. The van der Waals surface area contributed by atoms with E-state index in [1.54, 1.807) is 32.3 Å². The predicted molar refractivity (Wildman–Crippen MR) is 152 cm³/mol. The lowest BCUT2D eigenvalue weighted by Gasteiger charge is -2.27. The van der Waals surface area contributed by atoms with Crippen LogP contribution in [0.2, 0.25) is 0 Å². The smallest absolute Gasteiger partial charge is 0.388 e. The number of carbonyl (C=O) groups excluding carboxylic acids is 3. The normalized spacial score (nSPS) is 20.8. The van der Waals surface area contributed by atoms with E-state index in [2.05, 4.69) is 30.1 Å². The van der Waals surface area contributed by atoms with Crippen LogP contribution in [-0.2, 0) is 16.1 Å². The van der Waals surface area contributed by atoms with Crippen molar-refractivity contribution in [2.24, 2.45) is 5.41 Å². The molecule has 0 radical (unpaired) electrons. The first-order valence-electron chi connectivity index (χ1n) is 13.9. The Kier molecular flexibility index (Phi) is 6.89. The second-order valence-electron chi connectivity index (χ2n) is 11.6. The molecular weight excluding hydrogens is 579 g/mol. The molecule has 228 valence electrons. The van der Waals surface area contributed by atoms with Gasteiger partial charge < -0.3 is 15.0 Å². The standard InChI is InChI=1S/C30H28F3N7O4/c1-15-5-8-24(44-30(31,32)33)36-27(15)37-28(43)22-10-29(4)11-23(29)40(22)25(42)14-39-21-7-6-18(19-12-34-17(3)35-13-19)9-20(21)26(38-39)16(2)41/h5-9,12-13,22-23H,10-11,14H2,1-4H3,(H,36,37,43)/t22-,23+,29-/m0/s1. The minimum Gasteiger partial charge on any atom is -0.388 e. The first kappa shape index (κ1) is 29.2. The van der Waals surface area contributed by atoms with Crippen molar-refractivity contribution in [1.29, 1.82) is 0 Å².